The number of nitrogens with zero attached hydrogens (tertiary/aromatic N) is 2. The molecule has 0 saturated heterocycles. The van der Waals surface area contributed by atoms with E-state index in [-0.39, 0.29) is 10.8 Å². The van der Waals surface area contributed by atoms with Crippen LogP contribution >= 0.6 is 31.9 Å². The quantitative estimate of drug-likeness (QED) is 0.0382. The van der Waals surface area contributed by atoms with Gasteiger partial charge >= 0.3 is 0 Å². The molecule has 0 radical (unpaired) electrons. The molecule has 420 valence electrons. The van der Waals surface area contributed by atoms with Crippen molar-refractivity contribution in [2.75, 3.05) is 4.90 Å². The van der Waals surface area contributed by atoms with Gasteiger partial charge in [-0.15, -0.1) is 0 Å². The Morgan fingerprint density at radius 2 is 0.637 bits per heavy atom. The molecule has 0 atom stereocenters. The second-order valence-corrected chi connectivity index (χ2v) is 26.1. The standard InChI is InChI=1S/C76H92Br2N2/c1-5-9-13-17-21-29-49-75(50-30-22-18-14-10-6-2)69-53-57(77)37-45-63(69)65-47-43-61(55-71(65)75)79(59-39-41-60(42-40-59)80-73-35-27-25-33-67(73)68-34-26-28-36-74(68)80)62-44-48-66-64-46-38-58(78)54-70(64)76(72(66)56-62,51-31-23-19-15-11-7-3)52-32-24-20-16-12-8-4/h25-28,33-48,53-56H,5-24,29-32,49-52H2,1-4H3. The maximum atomic E-state index is 4.02. The second kappa shape index (κ2) is 27.9. The van der Waals surface area contributed by atoms with Gasteiger partial charge in [-0.05, 0) is 155 Å². The molecule has 2 aliphatic carbocycles. The number of unbranched alkanes of at least 4 members (excludes halogenated alkanes) is 20. The number of benzene rings is 7. The highest BCUT2D eigenvalue weighted by atomic mass is 79.9. The van der Waals surface area contributed by atoms with E-state index in [9.17, 15) is 0 Å². The molecule has 0 N–H and O–H groups in total. The third kappa shape index (κ3) is 12.4. The molecule has 7 aromatic carbocycles. The van der Waals surface area contributed by atoms with E-state index < -0.39 is 0 Å². The monoisotopic (exact) mass is 1190 g/mol. The number of rotatable bonds is 32. The zero-order valence-electron chi connectivity index (χ0n) is 49.3. The predicted octanol–water partition coefficient (Wildman–Crippen LogP) is 25.3. The van der Waals surface area contributed by atoms with Crippen LogP contribution in [0.4, 0.5) is 17.1 Å². The summed E-state index contributed by atoms with van der Waals surface area (Å²) in [5, 5.41) is 2.59. The summed E-state index contributed by atoms with van der Waals surface area (Å²) in [6, 6.07) is 57.2. The van der Waals surface area contributed by atoms with Crippen LogP contribution in [-0.4, -0.2) is 4.57 Å². The van der Waals surface area contributed by atoms with Crippen LogP contribution in [0.3, 0.4) is 0 Å². The van der Waals surface area contributed by atoms with Crippen molar-refractivity contribution in [1.82, 2.24) is 4.57 Å². The molecule has 1 aromatic heterocycles. The van der Waals surface area contributed by atoms with E-state index in [2.05, 4.69) is 215 Å². The van der Waals surface area contributed by atoms with Crippen LogP contribution in [-0.2, 0) is 10.8 Å². The first-order valence-electron chi connectivity index (χ1n) is 32.1. The lowest BCUT2D eigenvalue weighted by atomic mass is 9.70. The lowest BCUT2D eigenvalue weighted by Gasteiger charge is -2.35. The maximum absolute atomic E-state index is 4.02. The minimum Gasteiger partial charge on any atom is -0.310 e. The first-order valence-corrected chi connectivity index (χ1v) is 33.7. The van der Waals surface area contributed by atoms with Gasteiger partial charge in [0, 0.05) is 53.3 Å². The normalized spacial score (nSPS) is 13.7. The van der Waals surface area contributed by atoms with Gasteiger partial charge in [0.05, 0.1) is 11.0 Å². The molecule has 0 bridgehead atoms. The molecule has 80 heavy (non-hydrogen) atoms. The predicted molar refractivity (Wildman–Crippen MR) is 355 cm³/mol. The molecule has 4 heteroatoms. The van der Waals surface area contributed by atoms with E-state index in [0.717, 1.165) is 0 Å². The van der Waals surface area contributed by atoms with E-state index in [1.54, 1.807) is 11.1 Å². The molecule has 0 fully saturated rings. The van der Waals surface area contributed by atoms with Gasteiger partial charge in [0.2, 0.25) is 0 Å². The summed E-state index contributed by atoms with van der Waals surface area (Å²) < 4.78 is 4.86. The molecule has 2 aliphatic rings. The second-order valence-electron chi connectivity index (χ2n) is 24.3. The molecule has 0 spiro atoms. The fourth-order valence-electron chi connectivity index (χ4n) is 14.7. The van der Waals surface area contributed by atoms with Crippen molar-refractivity contribution in [1.29, 1.82) is 0 Å². The Morgan fingerprint density at radius 3 is 1.01 bits per heavy atom. The summed E-state index contributed by atoms with van der Waals surface area (Å²) in [7, 11) is 0. The Morgan fingerprint density at radius 1 is 0.325 bits per heavy atom. The molecular formula is C76H92Br2N2. The first kappa shape index (κ1) is 58.3. The molecule has 10 rings (SSSR count). The summed E-state index contributed by atoms with van der Waals surface area (Å²) in [5.41, 5.74) is 19.2. The minimum absolute atomic E-state index is 0.0532. The minimum atomic E-state index is -0.0532. The number of anilines is 3. The third-order valence-corrected chi connectivity index (χ3v) is 19.9. The molecule has 0 unspecified atom stereocenters. The van der Waals surface area contributed by atoms with Crippen LogP contribution in [0.2, 0.25) is 0 Å². The zero-order chi connectivity index (χ0) is 55.3. The average Bonchev–Trinajstić information content (AvgIpc) is 4.14. The Balaban J connectivity index is 1.13. The highest BCUT2D eigenvalue weighted by Gasteiger charge is 2.45. The van der Waals surface area contributed by atoms with Crippen LogP contribution in [0, 0.1) is 0 Å². The summed E-state index contributed by atoms with van der Waals surface area (Å²) in [4.78, 5) is 2.65. The fraction of sp³-hybridized carbons (Fsp3) is 0.447. The van der Waals surface area contributed by atoms with Crippen molar-refractivity contribution in [3.05, 3.63) is 177 Å². The van der Waals surface area contributed by atoms with Gasteiger partial charge in [-0.3, -0.25) is 0 Å². The average molecular weight is 1190 g/mol. The molecule has 0 amide bonds. The number of fused-ring (bicyclic) bond motifs is 9. The lowest BCUT2D eigenvalue weighted by Crippen LogP contribution is -2.26. The SMILES string of the molecule is CCCCCCCCC1(CCCCCCCC)c2cc(Br)ccc2-c2ccc(N(c3ccc(-n4c5ccccc5c5ccccc54)cc3)c3ccc4c(c3)C(CCCCCCCC)(CCCCCCCC)c3cc(Br)ccc3-4)cc21. The number of hydrogen-bond donors (Lipinski definition) is 0. The van der Waals surface area contributed by atoms with Crippen LogP contribution < -0.4 is 4.90 Å². The Labute approximate surface area is 499 Å². The van der Waals surface area contributed by atoms with Crippen molar-refractivity contribution < 1.29 is 0 Å². The molecule has 1 heterocycles. The van der Waals surface area contributed by atoms with Gasteiger partial charge in [0.1, 0.15) is 0 Å². The number of para-hydroxylation sites is 2. The van der Waals surface area contributed by atoms with Gasteiger partial charge in [0.25, 0.3) is 0 Å². The topological polar surface area (TPSA) is 8.17 Å². The van der Waals surface area contributed by atoms with Gasteiger partial charge in [-0.25, -0.2) is 0 Å². The maximum Gasteiger partial charge on any atom is 0.0541 e. The number of halogens is 2. The van der Waals surface area contributed by atoms with Crippen molar-refractivity contribution in [3.63, 3.8) is 0 Å². The van der Waals surface area contributed by atoms with E-state index in [1.807, 2.05) is 0 Å². The Kier molecular flexibility index (Phi) is 20.3. The number of hydrogen-bond acceptors (Lipinski definition) is 1. The molecule has 8 aromatic rings. The van der Waals surface area contributed by atoms with Gasteiger partial charge in [0.15, 0.2) is 0 Å². The molecule has 0 aliphatic heterocycles. The summed E-state index contributed by atoms with van der Waals surface area (Å²) in [6.07, 6.45) is 36.2. The van der Waals surface area contributed by atoms with Crippen LogP contribution in [0.5, 0.6) is 0 Å². The largest absolute Gasteiger partial charge is 0.310 e. The van der Waals surface area contributed by atoms with Crippen molar-refractivity contribution in [3.8, 4) is 27.9 Å². The van der Waals surface area contributed by atoms with Crippen molar-refractivity contribution in [2.45, 2.75) is 218 Å². The van der Waals surface area contributed by atoms with Crippen molar-refractivity contribution >= 4 is 70.7 Å². The van der Waals surface area contributed by atoms with Crippen LogP contribution in [0.15, 0.2) is 155 Å². The third-order valence-electron chi connectivity index (χ3n) is 18.9. The fourth-order valence-corrected chi connectivity index (χ4v) is 15.5. The van der Waals surface area contributed by atoms with Crippen molar-refractivity contribution in [2.24, 2.45) is 0 Å². The molecule has 0 saturated carbocycles. The van der Waals surface area contributed by atoms with E-state index in [0.29, 0.717) is 0 Å². The van der Waals surface area contributed by atoms with Gasteiger partial charge < -0.3 is 9.47 Å². The number of aromatic nitrogens is 1. The van der Waals surface area contributed by atoms with E-state index >= 15 is 0 Å². The smallest absolute Gasteiger partial charge is 0.0541 e. The Hall–Kier alpha value is -4.90. The first-order chi connectivity index (χ1) is 39.4. The lowest BCUT2D eigenvalue weighted by molar-refractivity contribution is 0.397. The van der Waals surface area contributed by atoms with Gasteiger partial charge in [-0.1, -0.05) is 274 Å². The summed E-state index contributed by atoms with van der Waals surface area (Å²) >= 11 is 8.04. The molecular weight excluding hydrogens is 1100 g/mol. The van der Waals surface area contributed by atoms with Crippen LogP contribution in [0.25, 0.3) is 49.7 Å². The highest BCUT2D eigenvalue weighted by Crippen LogP contribution is 2.59. The van der Waals surface area contributed by atoms with E-state index in [1.165, 1.54) is 267 Å². The van der Waals surface area contributed by atoms with Crippen LogP contribution in [0.1, 0.15) is 230 Å². The zero-order valence-corrected chi connectivity index (χ0v) is 52.5. The molecule has 2 nitrogen and oxygen atoms in total. The summed E-state index contributed by atoms with van der Waals surface area (Å²) in [6.45, 7) is 9.35. The Bertz CT molecular complexity index is 3060. The van der Waals surface area contributed by atoms with E-state index in [4.69, 9.17) is 0 Å². The summed E-state index contributed by atoms with van der Waals surface area (Å²) in [5.74, 6) is 0. The van der Waals surface area contributed by atoms with Gasteiger partial charge in [-0.2, -0.15) is 0 Å². The highest BCUT2D eigenvalue weighted by molar-refractivity contribution is 9.10.